The van der Waals surface area contributed by atoms with Gasteiger partial charge in [0, 0.05) is 25.3 Å². The standard InChI is InChI=1S/C9H9NO2.C3H8N2O2.C2H6.CH2Cl2.CH5OP/c1-7(12)8-2-4-9(5-3-8)10-6-11;1-2(6)7-3(4)5;1-2;2-1-3;1-2-3/h2-6H,1H3,(H,10,11);3H,4-5H2,1H3;1-2H3;1H2;3H2,1H3. The molecule has 1 unspecified atom stereocenters. The summed E-state index contributed by atoms with van der Waals surface area (Å²) in [6.45, 7) is 6.74. The summed E-state index contributed by atoms with van der Waals surface area (Å²) < 4.78 is 8.33. The second-order valence-electron chi connectivity index (χ2n) is 3.81. The number of ether oxygens (including phenoxy) is 1. The number of halogens is 2. The molecule has 0 aliphatic heterocycles. The van der Waals surface area contributed by atoms with Crippen LogP contribution in [0.4, 0.5) is 5.69 Å². The van der Waals surface area contributed by atoms with E-state index in [4.69, 9.17) is 34.7 Å². The van der Waals surface area contributed by atoms with Crippen LogP contribution in [0.1, 0.15) is 38.1 Å². The van der Waals surface area contributed by atoms with Gasteiger partial charge in [0.15, 0.2) is 5.78 Å². The SMILES string of the molecule is CC.CC(=O)OC(N)N.CC(=O)c1ccc(NC=O)cc1.COP.ClCCl. The molecule has 0 fully saturated rings. The van der Waals surface area contributed by atoms with Crippen LogP contribution in [0, 0.1) is 0 Å². The van der Waals surface area contributed by atoms with Crippen LogP contribution >= 0.6 is 32.7 Å². The zero-order valence-corrected chi connectivity index (χ0v) is 18.9. The van der Waals surface area contributed by atoms with Crippen molar-refractivity contribution in [2.75, 3.05) is 17.8 Å². The van der Waals surface area contributed by atoms with Gasteiger partial charge < -0.3 is 14.6 Å². The van der Waals surface area contributed by atoms with Gasteiger partial charge in [0.2, 0.25) is 12.8 Å². The van der Waals surface area contributed by atoms with E-state index in [0.717, 1.165) is 0 Å². The predicted octanol–water partition coefficient (Wildman–Crippen LogP) is 3.08. The summed E-state index contributed by atoms with van der Waals surface area (Å²) >= 11 is 9.53. The van der Waals surface area contributed by atoms with E-state index < -0.39 is 12.3 Å². The molecular formula is C16H30Cl2N3O5P. The van der Waals surface area contributed by atoms with E-state index >= 15 is 0 Å². The Labute approximate surface area is 173 Å². The molecule has 1 rings (SSSR count). The number of carbonyl (C=O) groups is 3. The number of carbonyl (C=O) groups excluding carboxylic acids is 3. The number of nitrogens with one attached hydrogen (secondary N) is 1. The average molecular weight is 446 g/mol. The van der Waals surface area contributed by atoms with Gasteiger partial charge in [-0.1, -0.05) is 13.8 Å². The Morgan fingerprint density at radius 1 is 1.19 bits per heavy atom. The van der Waals surface area contributed by atoms with Gasteiger partial charge in [-0.3, -0.25) is 25.9 Å². The fraction of sp³-hybridized carbons (Fsp3) is 0.438. The third-order valence-corrected chi connectivity index (χ3v) is 1.82. The van der Waals surface area contributed by atoms with Crippen molar-refractivity contribution in [2.24, 2.45) is 11.5 Å². The summed E-state index contributed by atoms with van der Waals surface area (Å²) in [4.78, 5) is 30.7. The first-order chi connectivity index (χ1) is 12.7. The largest absolute Gasteiger partial charge is 0.434 e. The van der Waals surface area contributed by atoms with Crippen LogP contribution in [0.15, 0.2) is 24.3 Å². The highest BCUT2D eigenvalue weighted by Gasteiger charge is 1.97. The highest BCUT2D eigenvalue weighted by molar-refractivity contribution is 7.09. The predicted molar refractivity (Wildman–Crippen MR) is 115 cm³/mol. The molecule has 0 aliphatic carbocycles. The van der Waals surface area contributed by atoms with E-state index in [9.17, 15) is 14.4 Å². The minimum atomic E-state index is -0.975. The number of benzene rings is 1. The minimum absolute atomic E-state index is 0.0210. The van der Waals surface area contributed by atoms with Gasteiger partial charge in [0.05, 0.1) is 5.34 Å². The molecule has 0 saturated heterocycles. The summed E-state index contributed by atoms with van der Waals surface area (Å²) in [6, 6.07) is 6.72. The maximum atomic E-state index is 10.8. The quantitative estimate of drug-likeness (QED) is 0.162. The fourth-order valence-electron chi connectivity index (χ4n) is 1.06. The molecule has 1 aromatic carbocycles. The van der Waals surface area contributed by atoms with Crippen molar-refractivity contribution in [3.8, 4) is 0 Å². The lowest BCUT2D eigenvalue weighted by Crippen LogP contribution is -2.34. The molecule has 1 aromatic rings. The topological polar surface area (TPSA) is 134 Å². The smallest absolute Gasteiger partial charge is 0.305 e. The lowest BCUT2D eigenvalue weighted by atomic mass is 10.1. The molecule has 0 heterocycles. The number of Topliss-reactive ketones (excluding diaryl/α,β-unsaturated/α-hetero) is 1. The number of nitrogens with two attached hydrogens (primary N) is 2. The zero-order chi connectivity index (χ0) is 22.3. The first-order valence-corrected chi connectivity index (χ1v) is 9.08. The summed E-state index contributed by atoms with van der Waals surface area (Å²) in [7, 11) is 3.67. The van der Waals surface area contributed by atoms with Crippen LogP contribution < -0.4 is 16.8 Å². The van der Waals surface area contributed by atoms with Gasteiger partial charge in [-0.2, -0.15) is 0 Å². The number of esters is 1. The van der Waals surface area contributed by atoms with Crippen LogP contribution in [0.25, 0.3) is 0 Å². The van der Waals surface area contributed by atoms with Crippen LogP contribution in [0.3, 0.4) is 0 Å². The molecule has 0 aliphatic rings. The Bertz CT molecular complexity index is 476. The highest BCUT2D eigenvalue weighted by Crippen LogP contribution is 2.08. The molecule has 5 N–H and O–H groups in total. The molecular weight excluding hydrogens is 416 g/mol. The maximum Gasteiger partial charge on any atom is 0.305 e. The number of hydrogen-bond donors (Lipinski definition) is 3. The van der Waals surface area contributed by atoms with Crippen molar-refractivity contribution in [3.63, 3.8) is 0 Å². The number of hydrogen-bond acceptors (Lipinski definition) is 7. The van der Waals surface area contributed by atoms with E-state index in [2.05, 4.69) is 24.0 Å². The number of amides is 1. The van der Waals surface area contributed by atoms with E-state index in [0.29, 0.717) is 17.7 Å². The molecule has 8 nitrogen and oxygen atoms in total. The molecule has 0 spiro atoms. The normalized spacial score (nSPS) is 7.96. The van der Waals surface area contributed by atoms with Crippen LogP contribution in [0.2, 0.25) is 0 Å². The lowest BCUT2D eigenvalue weighted by Gasteiger charge is -2.01. The lowest BCUT2D eigenvalue weighted by molar-refractivity contribution is -0.145. The van der Waals surface area contributed by atoms with E-state index in [1.54, 1.807) is 31.4 Å². The van der Waals surface area contributed by atoms with Gasteiger partial charge in [-0.05, 0) is 40.7 Å². The monoisotopic (exact) mass is 445 g/mol. The molecule has 1 atom stereocenters. The molecule has 11 heteroatoms. The third kappa shape index (κ3) is 32.8. The molecule has 0 radical (unpaired) electrons. The Kier molecular flexibility index (Phi) is 33.2. The van der Waals surface area contributed by atoms with Crippen molar-refractivity contribution in [2.45, 2.75) is 34.0 Å². The number of alkyl halides is 2. The van der Waals surface area contributed by atoms with Crippen molar-refractivity contribution in [1.82, 2.24) is 0 Å². The zero-order valence-electron chi connectivity index (χ0n) is 16.2. The minimum Gasteiger partial charge on any atom is -0.434 e. The van der Waals surface area contributed by atoms with Crippen molar-refractivity contribution in [1.29, 1.82) is 0 Å². The summed E-state index contributed by atoms with van der Waals surface area (Å²) in [6.07, 6.45) is -0.375. The first-order valence-electron chi connectivity index (χ1n) is 7.54. The average Bonchev–Trinajstić information content (AvgIpc) is 2.58. The number of rotatable bonds is 4. The van der Waals surface area contributed by atoms with Crippen LogP contribution in [0.5, 0.6) is 0 Å². The summed E-state index contributed by atoms with van der Waals surface area (Å²) in [5.41, 5.74) is 11.0. The van der Waals surface area contributed by atoms with Gasteiger partial charge in [0.25, 0.3) is 0 Å². The molecule has 0 saturated carbocycles. The van der Waals surface area contributed by atoms with E-state index in [1.807, 2.05) is 13.8 Å². The Balaban J connectivity index is -0.000000150. The molecule has 0 bridgehead atoms. The van der Waals surface area contributed by atoms with Crippen molar-refractivity contribution in [3.05, 3.63) is 29.8 Å². The van der Waals surface area contributed by atoms with Gasteiger partial charge in [-0.15, -0.1) is 23.2 Å². The van der Waals surface area contributed by atoms with Crippen molar-refractivity contribution >= 4 is 56.5 Å². The maximum absolute atomic E-state index is 10.8. The number of anilines is 1. The van der Waals surface area contributed by atoms with Gasteiger partial charge in [0.1, 0.15) is 0 Å². The van der Waals surface area contributed by atoms with Gasteiger partial charge in [-0.25, -0.2) is 0 Å². The molecule has 1 amide bonds. The van der Waals surface area contributed by atoms with Crippen LogP contribution in [-0.2, 0) is 18.8 Å². The second kappa shape index (κ2) is 26.9. The number of ketones is 1. The molecule has 158 valence electrons. The summed E-state index contributed by atoms with van der Waals surface area (Å²) in [5.74, 6) is -0.442. The van der Waals surface area contributed by atoms with Crippen molar-refractivity contribution < 1.29 is 23.6 Å². The van der Waals surface area contributed by atoms with Gasteiger partial charge >= 0.3 is 5.97 Å². The Morgan fingerprint density at radius 2 is 1.56 bits per heavy atom. The Hall–Kier alpha value is -1.28. The summed E-state index contributed by atoms with van der Waals surface area (Å²) in [5, 5.41) is 2.68. The first kappa shape index (κ1) is 33.3. The second-order valence-corrected chi connectivity index (χ2v) is 5.09. The van der Waals surface area contributed by atoms with Crippen LogP contribution in [-0.4, -0.2) is 37.0 Å². The Morgan fingerprint density at radius 3 is 1.74 bits per heavy atom. The molecule has 0 aromatic heterocycles. The highest BCUT2D eigenvalue weighted by atomic mass is 35.5. The van der Waals surface area contributed by atoms with E-state index in [1.165, 1.54) is 13.8 Å². The third-order valence-electron chi connectivity index (χ3n) is 1.82. The van der Waals surface area contributed by atoms with E-state index in [-0.39, 0.29) is 11.1 Å². The molecule has 27 heavy (non-hydrogen) atoms. The fourth-order valence-corrected chi connectivity index (χ4v) is 1.06.